The molecule has 39 heavy (non-hydrogen) atoms. The highest BCUT2D eigenvalue weighted by atomic mass is 32.1. The number of hydrogen-bond acceptors (Lipinski definition) is 9. The molecule has 4 atom stereocenters. The molecule has 3 rings (SSSR count). The van der Waals surface area contributed by atoms with E-state index in [1.54, 1.807) is 6.08 Å². The van der Waals surface area contributed by atoms with Gasteiger partial charge in [0.25, 0.3) is 0 Å². The van der Waals surface area contributed by atoms with Crippen molar-refractivity contribution in [1.29, 1.82) is 0 Å². The summed E-state index contributed by atoms with van der Waals surface area (Å²) in [5, 5.41) is 6.61. The van der Waals surface area contributed by atoms with Gasteiger partial charge in [-0.3, -0.25) is 19.2 Å². The van der Waals surface area contributed by atoms with Crippen LogP contribution in [0.3, 0.4) is 0 Å². The van der Waals surface area contributed by atoms with Crippen LogP contribution in [0.2, 0.25) is 0 Å². The molecule has 0 amide bonds. The molecule has 0 aliphatic carbocycles. The van der Waals surface area contributed by atoms with E-state index in [1.165, 1.54) is 26.8 Å². The van der Waals surface area contributed by atoms with Crippen LogP contribution in [0.1, 0.15) is 32.8 Å². The highest BCUT2D eigenvalue weighted by molar-refractivity contribution is 7.80. The lowest BCUT2D eigenvalue weighted by molar-refractivity contribution is -0.225. The third-order valence-electron chi connectivity index (χ3n) is 5.49. The largest absolute Gasteiger partial charge is 0.456 e. The zero-order valence-electron chi connectivity index (χ0n) is 21.7. The number of allylic oxidation sites excluding steroid dienone is 1. The quantitative estimate of drug-likeness (QED) is 0.204. The normalized spacial score (nSPS) is 20.5. The number of nitrogens with one attached hydrogen (secondary N) is 2. The molecule has 2 aromatic carbocycles. The average molecular weight is 555 g/mol. The third kappa shape index (κ3) is 9.62. The second-order valence-electron chi connectivity index (χ2n) is 8.74. The average Bonchev–Trinajstić information content (AvgIpc) is 2.86. The second kappa shape index (κ2) is 14.2. The van der Waals surface area contributed by atoms with E-state index in [1.807, 2.05) is 54.6 Å². The van der Waals surface area contributed by atoms with Gasteiger partial charge in [-0.15, -0.1) is 0 Å². The number of rotatable bonds is 9. The lowest BCUT2D eigenvalue weighted by Crippen LogP contribution is -2.57. The molecular formula is C28H30N2O8S. The highest BCUT2D eigenvalue weighted by Gasteiger charge is 2.47. The van der Waals surface area contributed by atoms with Crippen molar-refractivity contribution in [2.75, 3.05) is 17.2 Å². The topological polar surface area (TPSA) is 129 Å². The SMILES string of the molecule is CC(=O)O[C@@H]1[C@@H](OC(C)=O)[C@H](OC(C)=O)CO[C@H]1CC(=O)/C=C/c1cccc(NC(=S)Nc2ccccc2)c1. The molecule has 10 nitrogen and oxygen atoms in total. The van der Waals surface area contributed by atoms with Crippen LogP contribution in [0.5, 0.6) is 0 Å². The monoisotopic (exact) mass is 554 g/mol. The third-order valence-corrected chi connectivity index (χ3v) is 5.70. The molecule has 0 saturated carbocycles. The summed E-state index contributed by atoms with van der Waals surface area (Å²) >= 11 is 5.36. The molecule has 1 heterocycles. The Balaban J connectivity index is 1.66. The lowest BCUT2D eigenvalue weighted by atomic mass is 9.95. The van der Waals surface area contributed by atoms with E-state index in [2.05, 4.69) is 10.6 Å². The van der Waals surface area contributed by atoms with E-state index in [-0.39, 0.29) is 18.8 Å². The van der Waals surface area contributed by atoms with E-state index in [4.69, 9.17) is 31.2 Å². The van der Waals surface area contributed by atoms with Crippen LogP contribution in [0, 0.1) is 0 Å². The van der Waals surface area contributed by atoms with Gasteiger partial charge in [-0.1, -0.05) is 36.4 Å². The van der Waals surface area contributed by atoms with Crippen molar-refractivity contribution in [3.8, 4) is 0 Å². The minimum atomic E-state index is -1.15. The number of esters is 3. The van der Waals surface area contributed by atoms with E-state index in [0.29, 0.717) is 5.11 Å². The number of anilines is 2. The molecule has 1 aliphatic rings. The summed E-state index contributed by atoms with van der Waals surface area (Å²) in [6, 6.07) is 16.8. The summed E-state index contributed by atoms with van der Waals surface area (Å²) in [4.78, 5) is 47.8. The maximum Gasteiger partial charge on any atom is 0.303 e. The molecule has 2 N–H and O–H groups in total. The minimum Gasteiger partial charge on any atom is -0.456 e. The fraction of sp³-hybridized carbons (Fsp3) is 0.321. The van der Waals surface area contributed by atoms with Crippen molar-refractivity contribution in [2.45, 2.75) is 51.6 Å². The van der Waals surface area contributed by atoms with Crippen molar-refractivity contribution >= 4 is 58.5 Å². The zero-order valence-corrected chi connectivity index (χ0v) is 22.6. The molecule has 0 radical (unpaired) electrons. The summed E-state index contributed by atoms with van der Waals surface area (Å²) in [5.74, 6) is -2.26. The standard InChI is InChI=1S/C28H30N2O8S/c1-17(31)36-25-16-35-24(26(37-18(2)32)27(25)38-19(3)33)15-23(34)13-12-20-8-7-11-22(14-20)30-28(39)29-21-9-5-4-6-10-21/h4-14,24-27H,15-16H2,1-3H3,(H2,29,30,39)/b13-12+/t24-,25+,26-,27-/m0/s1. The highest BCUT2D eigenvalue weighted by Crippen LogP contribution is 2.27. The van der Waals surface area contributed by atoms with Crippen LogP contribution < -0.4 is 10.6 Å². The summed E-state index contributed by atoms with van der Waals surface area (Å²) in [7, 11) is 0. The van der Waals surface area contributed by atoms with Crippen molar-refractivity contribution in [3.63, 3.8) is 0 Å². The number of hydrogen-bond donors (Lipinski definition) is 2. The Hall–Kier alpha value is -4.09. The maximum atomic E-state index is 12.8. The van der Waals surface area contributed by atoms with E-state index in [0.717, 1.165) is 16.9 Å². The van der Waals surface area contributed by atoms with Gasteiger partial charge in [-0.25, -0.2) is 0 Å². The van der Waals surface area contributed by atoms with Crippen LogP contribution in [0.15, 0.2) is 60.7 Å². The Morgan fingerprint density at radius 2 is 1.49 bits per heavy atom. The molecule has 11 heteroatoms. The Bertz CT molecular complexity index is 1230. The number of ether oxygens (including phenoxy) is 4. The molecule has 206 valence electrons. The predicted octanol–water partition coefficient (Wildman–Crippen LogP) is 3.66. The number of ketones is 1. The molecule has 0 spiro atoms. The van der Waals surface area contributed by atoms with Crippen molar-refractivity contribution in [2.24, 2.45) is 0 Å². The van der Waals surface area contributed by atoms with E-state index < -0.39 is 42.3 Å². The number of carbonyl (C=O) groups excluding carboxylic acids is 4. The molecular weight excluding hydrogens is 524 g/mol. The van der Waals surface area contributed by atoms with Crippen LogP contribution >= 0.6 is 12.2 Å². The van der Waals surface area contributed by atoms with Gasteiger partial charge in [0.1, 0.15) is 6.10 Å². The van der Waals surface area contributed by atoms with E-state index in [9.17, 15) is 19.2 Å². The first-order valence-corrected chi connectivity index (χ1v) is 12.6. The van der Waals surface area contributed by atoms with Gasteiger partial charge in [-0.2, -0.15) is 0 Å². The molecule has 0 unspecified atom stereocenters. The second-order valence-corrected chi connectivity index (χ2v) is 9.15. The summed E-state index contributed by atoms with van der Waals surface area (Å²) in [6.07, 6.45) is -1.33. The molecule has 0 aromatic heterocycles. The van der Waals surface area contributed by atoms with Gasteiger partial charge >= 0.3 is 17.9 Å². The summed E-state index contributed by atoms with van der Waals surface area (Å²) in [6.45, 7) is 3.42. The molecule has 1 fully saturated rings. The van der Waals surface area contributed by atoms with Gasteiger partial charge in [0.15, 0.2) is 29.2 Å². The minimum absolute atomic E-state index is 0.137. The molecule has 0 bridgehead atoms. The van der Waals surface area contributed by atoms with Crippen molar-refractivity contribution < 1.29 is 38.1 Å². The first kappa shape index (κ1) is 29.5. The fourth-order valence-corrected chi connectivity index (χ4v) is 4.22. The molecule has 2 aromatic rings. The van der Waals surface area contributed by atoms with Gasteiger partial charge in [0.2, 0.25) is 0 Å². The molecule has 1 saturated heterocycles. The summed E-state index contributed by atoms with van der Waals surface area (Å²) in [5.41, 5.74) is 2.32. The van der Waals surface area contributed by atoms with Gasteiger partial charge in [0, 0.05) is 38.6 Å². The Labute approximate surface area is 231 Å². The van der Waals surface area contributed by atoms with E-state index >= 15 is 0 Å². The van der Waals surface area contributed by atoms with Crippen LogP contribution in [0.4, 0.5) is 11.4 Å². The van der Waals surface area contributed by atoms with Crippen LogP contribution in [0.25, 0.3) is 6.08 Å². The first-order valence-electron chi connectivity index (χ1n) is 12.2. The maximum absolute atomic E-state index is 12.8. The number of carbonyl (C=O) groups is 4. The van der Waals surface area contributed by atoms with Crippen molar-refractivity contribution in [1.82, 2.24) is 0 Å². The molecule has 1 aliphatic heterocycles. The smallest absolute Gasteiger partial charge is 0.303 e. The zero-order chi connectivity index (χ0) is 28.4. The predicted molar refractivity (Wildman–Crippen MR) is 148 cm³/mol. The fourth-order valence-electron chi connectivity index (χ4n) is 3.98. The van der Waals surface area contributed by atoms with Crippen LogP contribution in [-0.2, 0) is 38.1 Å². The first-order chi connectivity index (χ1) is 18.6. The van der Waals surface area contributed by atoms with Gasteiger partial charge in [-0.05, 0) is 48.1 Å². The van der Waals surface area contributed by atoms with Gasteiger partial charge < -0.3 is 29.6 Å². The lowest BCUT2D eigenvalue weighted by Gasteiger charge is -2.40. The summed E-state index contributed by atoms with van der Waals surface area (Å²) < 4.78 is 21.6. The number of thiocarbonyl (C=S) groups is 1. The number of benzene rings is 2. The van der Waals surface area contributed by atoms with Crippen molar-refractivity contribution in [3.05, 3.63) is 66.2 Å². The Morgan fingerprint density at radius 1 is 0.872 bits per heavy atom. The van der Waals surface area contributed by atoms with Crippen LogP contribution in [-0.4, -0.2) is 59.8 Å². The Kier molecular flexibility index (Phi) is 10.7. The Morgan fingerprint density at radius 3 is 2.15 bits per heavy atom. The number of para-hydroxylation sites is 1. The van der Waals surface area contributed by atoms with Gasteiger partial charge in [0.05, 0.1) is 6.61 Å².